The molecule has 1 N–H and O–H groups in total. The molecule has 0 heterocycles. The van der Waals surface area contributed by atoms with Crippen molar-refractivity contribution in [2.24, 2.45) is 0 Å². The molecule has 17 heavy (non-hydrogen) atoms. The van der Waals surface area contributed by atoms with E-state index in [9.17, 15) is 0 Å². The lowest BCUT2D eigenvalue weighted by atomic mass is 10.2. The van der Waals surface area contributed by atoms with Crippen LogP contribution in [0.2, 0.25) is 0 Å². The van der Waals surface area contributed by atoms with Crippen molar-refractivity contribution in [2.45, 2.75) is 19.9 Å². The van der Waals surface area contributed by atoms with E-state index >= 15 is 0 Å². The Morgan fingerprint density at radius 3 is 2.71 bits per heavy atom. The molecule has 0 atom stereocenters. The number of hydrogen-bond donors (Lipinski definition) is 1. The normalized spacial score (nSPS) is 9.76. The molecule has 0 radical (unpaired) electrons. The molecule has 0 unspecified atom stereocenters. The molecule has 0 aliphatic heterocycles. The van der Waals surface area contributed by atoms with Crippen LogP contribution in [0.5, 0.6) is 5.75 Å². The van der Waals surface area contributed by atoms with E-state index in [4.69, 9.17) is 9.47 Å². The summed E-state index contributed by atoms with van der Waals surface area (Å²) in [7, 11) is 1.73. The van der Waals surface area contributed by atoms with E-state index in [1.54, 1.807) is 7.11 Å². The monoisotopic (exact) mass is 259 g/mol. The summed E-state index contributed by atoms with van der Waals surface area (Å²) in [6.45, 7) is 5.33. The Morgan fingerprint density at radius 2 is 2.00 bits per heavy atom. The number of nitrogens with one attached hydrogen (secondary N) is 1. The van der Waals surface area contributed by atoms with Crippen molar-refractivity contribution < 1.29 is 9.47 Å². The molecule has 1 aromatic rings. The fraction of sp³-hybridized carbons (Fsp3) is 0.538. The Kier molecular flexibility index (Phi) is 9.92. The first-order valence-electron chi connectivity index (χ1n) is 5.78. The van der Waals surface area contributed by atoms with Crippen LogP contribution in [0.1, 0.15) is 18.9 Å². The third-order valence-electron chi connectivity index (χ3n) is 2.29. The molecule has 0 bridgehead atoms. The second kappa shape index (κ2) is 10.4. The first-order chi connectivity index (χ1) is 7.88. The molecule has 98 valence electrons. The zero-order chi connectivity index (χ0) is 11.6. The van der Waals surface area contributed by atoms with Gasteiger partial charge in [-0.1, -0.05) is 18.2 Å². The number of benzene rings is 1. The lowest BCUT2D eigenvalue weighted by Gasteiger charge is -2.10. The van der Waals surface area contributed by atoms with Crippen LogP contribution in [0.3, 0.4) is 0 Å². The number of ether oxygens (including phenoxy) is 2. The van der Waals surface area contributed by atoms with E-state index in [2.05, 4.69) is 11.4 Å². The van der Waals surface area contributed by atoms with Gasteiger partial charge in [0.2, 0.25) is 0 Å². The summed E-state index contributed by atoms with van der Waals surface area (Å²) in [5.41, 5.74) is 1.21. The molecule has 0 aromatic heterocycles. The van der Waals surface area contributed by atoms with E-state index in [0.717, 1.165) is 31.9 Å². The molecule has 0 aliphatic rings. The highest BCUT2D eigenvalue weighted by Gasteiger charge is 2.00. The van der Waals surface area contributed by atoms with Crippen LogP contribution in [-0.2, 0) is 11.3 Å². The van der Waals surface area contributed by atoms with Gasteiger partial charge in [-0.15, -0.1) is 12.4 Å². The maximum absolute atomic E-state index is 5.55. The minimum Gasteiger partial charge on any atom is -0.494 e. The van der Waals surface area contributed by atoms with Gasteiger partial charge in [-0.2, -0.15) is 0 Å². The molecule has 1 rings (SSSR count). The van der Waals surface area contributed by atoms with Gasteiger partial charge >= 0.3 is 0 Å². The van der Waals surface area contributed by atoms with Crippen molar-refractivity contribution in [3.63, 3.8) is 0 Å². The second-order valence-corrected chi connectivity index (χ2v) is 3.56. The summed E-state index contributed by atoms with van der Waals surface area (Å²) >= 11 is 0. The Morgan fingerprint density at radius 1 is 1.24 bits per heavy atom. The molecule has 0 saturated heterocycles. The molecule has 4 heteroatoms. The van der Waals surface area contributed by atoms with Crippen LogP contribution >= 0.6 is 12.4 Å². The Balaban J connectivity index is 0.00000256. The first kappa shape index (κ1) is 16.2. The molecule has 0 fully saturated rings. The van der Waals surface area contributed by atoms with Crippen molar-refractivity contribution in [3.05, 3.63) is 29.8 Å². The van der Waals surface area contributed by atoms with E-state index in [-0.39, 0.29) is 12.4 Å². The molecular weight excluding hydrogens is 238 g/mol. The summed E-state index contributed by atoms with van der Waals surface area (Å²) in [6, 6.07) is 8.14. The zero-order valence-electron chi connectivity index (χ0n) is 10.6. The van der Waals surface area contributed by atoms with Crippen LogP contribution in [0.25, 0.3) is 0 Å². The molecule has 0 saturated carbocycles. The average molecular weight is 260 g/mol. The Hall–Kier alpha value is -0.770. The van der Waals surface area contributed by atoms with Gasteiger partial charge in [0.1, 0.15) is 5.75 Å². The minimum atomic E-state index is 0. The molecule has 1 aromatic carbocycles. The lowest BCUT2D eigenvalue weighted by Crippen LogP contribution is -2.16. The number of hydrogen-bond acceptors (Lipinski definition) is 3. The van der Waals surface area contributed by atoms with Crippen molar-refractivity contribution in [2.75, 3.05) is 26.9 Å². The fourth-order valence-electron chi connectivity index (χ4n) is 1.51. The first-order valence-corrected chi connectivity index (χ1v) is 5.78. The smallest absolute Gasteiger partial charge is 0.123 e. The largest absolute Gasteiger partial charge is 0.494 e. The Bertz CT molecular complexity index is 295. The summed E-state index contributed by atoms with van der Waals surface area (Å²) in [5, 5.41) is 3.38. The van der Waals surface area contributed by atoms with Crippen molar-refractivity contribution in [3.8, 4) is 5.75 Å². The SMILES string of the molecule is CCOc1ccccc1CNCCCOC.Cl. The van der Waals surface area contributed by atoms with Gasteiger partial charge in [0.25, 0.3) is 0 Å². The Labute approximate surface area is 110 Å². The van der Waals surface area contributed by atoms with E-state index in [1.807, 2.05) is 25.1 Å². The zero-order valence-corrected chi connectivity index (χ0v) is 11.4. The lowest BCUT2D eigenvalue weighted by molar-refractivity contribution is 0.194. The number of methoxy groups -OCH3 is 1. The van der Waals surface area contributed by atoms with Crippen LogP contribution in [0.15, 0.2) is 24.3 Å². The average Bonchev–Trinajstić information content (AvgIpc) is 2.31. The maximum atomic E-state index is 5.55. The summed E-state index contributed by atoms with van der Waals surface area (Å²) in [4.78, 5) is 0. The predicted octanol–water partition coefficient (Wildman–Crippen LogP) is 2.63. The number of rotatable bonds is 8. The summed E-state index contributed by atoms with van der Waals surface area (Å²) in [6.07, 6.45) is 1.04. The second-order valence-electron chi connectivity index (χ2n) is 3.56. The van der Waals surface area contributed by atoms with Crippen LogP contribution in [-0.4, -0.2) is 26.9 Å². The van der Waals surface area contributed by atoms with Gasteiger partial charge in [-0.3, -0.25) is 0 Å². The highest BCUT2D eigenvalue weighted by Crippen LogP contribution is 2.17. The van der Waals surface area contributed by atoms with Gasteiger partial charge in [-0.25, -0.2) is 0 Å². The van der Waals surface area contributed by atoms with E-state index < -0.39 is 0 Å². The van der Waals surface area contributed by atoms with E-state index in [1.165, 1.54) is 5.56 Å². The molecule has 0 aliphatic carbocycles. The molecule has 0 spiro atoms. The highest BCUT2D eigenvalue weighted by atomic mass is 35.5. The van der Waals surface area contributed by atoms with Crippen LogP contribution in [0.4, 0.5) is 0 Å². The number of para-hydroxylation sites is 1. The summed E-state index contributed by atoms with van der Waals surface area (Å²) < 4.78 is 10.5. The standard InChI is InChI=1S/C13H21NO2.ClH/c1-3-16-13-8-5-4-7-12(13)11-14-9-6-10-15-2;/h4-5,7-8,14H,3,6,9-11H2,1-2H3;1H. The van der Waals surface area contributed by atoms with Crippen molar-refractivity contribution in [1.82, 2.24) is 5.32 Å². The highest BCUT2D eigenvalue weighted by molar-refractivity contribution is 5.85. The minimum absolute atomic E-state index is 0. The summed E-state index contributed by atoms with van der Waals surface area (Å²) in [5.74, 6) is 0.976. The van der Waals surface area contributed by atoms with Gasteiger partial charge < -0.3 is 14.8 Å². The topological polar surface area (TPSA) is 30.5 Å². The van der Waals surface area contributed by atoms with Crippen molar-refractivity contribution in [1.29, 1.82) is 0 Å². The van der Waals surface area contributed by atoms with E-state index in [0.29, 0.717) is 6.61 Å². The van der Waals surface area contributed by atoms with Crippen LogP contribution < -0.4 is 10.1 Å². The molecule has 0 amide bonds. The third-order valence-corrected chi connectivity index (χ3v) is 2.29. The maximum Gasteiger partial charge on any atom is 0.123 e. The van der Waals surface area contributed by atoms with Gasteiger partial charge in [0.15, 0.2) is 0 Å². The predicted molar refractivity (Wildman–Crippen MR) is 73.1 cm³/mol. The van der Waals surface area contributed by atoms with Gasteiger partial charge in [0.05, 0.1) is 6.61 Å². The van der Waals surface area contributed by atoms with Gasteiger partial charge in [0, 0.05) is 25.8 Å². The van der Waals surface area contributed by atoms with Crippen molar-refractivity contribution >= 4 is 12.4 Å². The van der Waals surface area contributed by atoms with Gasteiger partial charge in [-0.05, 0) is 26.0 Å². The molecule has 3 nitrogen and oxygen atoms in total. The van der Waals surface area contributed by atoms with Crippen LogP contribution in [0, 0.1) is 0 Å². The fourth-order valence-corrected chi connectivity index (χ4v) is 1.51. The number of halogens is 1. The third kappa shape index (κ3) is 6.51. The molecular formula is C13H22ClNO2. The quantitative estimate of drug-likeness (QED) is 0.728.